The van der Waals surface area contributed by atoms with Crippen molar-refractivity contribution in [3.8, 4) is 5.75 Å². The van der Waals surface area contributed by atoms with E-state index in [4.69, 9.17) is 0 Å². The smallest absolute Gasteiger partial charge is 0.416 e. The highest BCUT2D eigenvalue weighted by Gasteiger charge is 2.31. The third-order valence-corrected chi connectivity index (χ3v) is 6.70. The lowest BCUT2D eigenvalue weighted by atomic mass is 10.1. The fraction of sp³-hybridized carbons (Fsp3) is 0.448. The van der Waals surface area contributed by atoms with E-state index in [9.17, 15) is 18.3 Å². The molecule has 2 N–H and O–H groups in total. The summed E-state index contributed by atoms with van der Waals surface area (Å²) >= 11 is 0. The van der Waals surface area contributed by atoms with E-state index in [0.29, 0.717) is 24.6 Å². The Kier molecular flexibility index (Phi) is 10.4. The van der Waals surface area contributed by atoms with Gasteiger partial charge in [0.05, 0.1) is 11.3 Å². The van der Waals surface area contributed by atoms with E-state index in [-0.39, 0.29) is 17.9 Å². The van der Waals surface area contributed by atoms with Crippen molar-refractivity contribution in [1.82, 2.24) is 20.1 Å². The van der Waals surface area contributed by atoms with Gasteiger partial charge in [-0.1, -0.05) is 18.7 Å². The maximum Gasteiger partial charge on any atom is 0.416 e. The molecule has 3 heterocycles. The van der Waals surface area contributed by atoms with Gasteiger partial charge in [0, 0.05) is 63.3 Å². The molecule has 2 aliphatic heterocycles. The van der Waals surface area contributed by atoms with Gasteiger partial charge in [-0.15, -0.1) is 0 Å². The number of piperazine rings is 1. The van der Waals surface area contributed by atoms with E-state index in [2.05, 4.69) is 57.8 Å². The van der Waals surface area contributed by atoms with E-state index < -0.39 is 11.7 Å². The number of pyridine rings is 1. The molecule has 0 bridgehead atoms. The van der Waals surface area contributed by atoms with Gasteiger partial charge in [0.25, 0.3) is 0 Å². The van der Waals surface area contributed by atoms with Crippen LogP contribution in [0.15, 0.2) is 65.6 Å². The number of rotatable bonds is 4. The highest BCUT2D eigenvalue weighted by Crippen LogP contribution is 2.33. The molecule has 0 saturated carbocycles. The second-order valence-electron chi connectivity index (χ2n) is 9.87. The number of aromatic nitrogens is 1. The van der Waals surface area contributed by atoms with Crippen LogP contribution in [0.5, 0.6) is 5.75 Å². The van der Waals surface area contributed by atoms with Crippen LogP contribution in [0.2, 0.25) is 0 Å². The lowest BCUT2D eigenvalue weighted by Crippen LogP contribution is -2.44. The largest absolute Gasteiger partial charge is 0.508 e. The number of phenols is 1. The number of amidine groups is 1. The minimum absolute atomic E-state index is 0.117. The van der Waals surface area contributed by atoms with Crippen LogP contribution in [0.3, 0.4) is 0 Å². The summed E-state index contributed by atoms with van der Waals surface area (Å²) in [5.41, 5.74) is 2.04. The van der Waals surface area contributed by atoms with Gasteiger partial charge in [-0.3, -0.25) is 0 Å². The number of aromatic hydroxyl groups is 1. The zero-order chi connectivity index (χ0) is 28.6. The molecule has 4 rings (SSSR count). The van der Waals surface area contributed by atoms with Crippen molar-refractivity contribution in [3.05, 3.63) is 77.3 Å². The number of hydrogen-bond acceptors (Lipinski definition) is 6. The molecule has 0 radical (unpaired) electrons. The number of likely N-dealkylation sites (N-methyl/N-ethyl adjacent to an activating group) is 1. The van der Waals surface area contributed by atoms with Crippen LogP contribution in [-0.2, 0) is 12.7 Å². The highest BCUT2D eigenvalue weighted by atomic mass is 19.4. The number of alkyl halides is 3. The monoisotopic (exact) mass is 544 g/mol. The number of halogens is 3. The van der Waals surface area contributed by atoms with Gasteiger partial charge in [-0.25, -0.2) is 9.98 Å². The average Bonchev–Trinajstić information content (AvgIpc) is 3.07. The molecule has 2 aromatic rings. The van der Waals surface area contributed by atoms with Gasteiger partial charge in [-0.05, 0) is 64.1 Å². The molecular weight excluding hydrogens is 505 g/mol. The Morgan fingerprint density at radius 3 is 2.49 bits per heavy atom. The van der Waals surface area contributed by atoms with Gasteiger partial charge in [0.15, 0.2) is 5.84 Å². The SMILES string of the molecule is C=C1NCCCN(Cc2cc(C(F)(F)F)ccc2O)C1=N/C(C)=C\C.Cc1ccc(N2CCN(C)CC2)nc1. The number of nitrogens with one attached hydrogen (secondary N) is 1. The van der Waals surface area contributed by atoms with E-state index in [1.165, 1.54) is 5.56 Å². The first-order valence-corrected chi connectivity index (χ1v) is 13.1. The first-order valence-electron chi connectivity index (χ1n) is 13.1. The van der Waals surface area contributed by atoms with Gasteiger partial charge in [-0.2, -0.15) is 13.2 Å². The maximum absolute atomic E-state index is 12.9. The third kappa shape index (κ3) is 8.74. The fourth-order valence-electron chi connectivity index (χ4n) is 4.19. The number of aliphatic imine (C=N–C) groups is 1. The molecule has 7 nitrogen and oxygen atoms in total. The summed E-state index contributed by atoms with van der Waals surface area (Å²) in [6, 6.07) is 7.18. The summed E-state index contributed by atoms with van der Waals surface area (Å²) in [7, 11) is 2.17. The molecule has 2 saturated heterocycles. The molecule has 0 spiro atoms. The number of anilines is 1. The minimum atomic E-state index is -4.45. The second-order valence-corrected chi connectivity index (χ2v) is 9.87. The first kappa shape index (κ1) is 30.0. The lowest BCUT2D eigenvalue weighted by Gasteiger charge is -2.33. The first-order chi connectivity index (χ1) is 18.5. The summed E-state index contributed by atoms with van der Waals surface area (Å²) < 4.78 is 38.8. The van der Waals surface area contributed by atoms with Crippen LogP contribution in [0.25, 0.3) is 0 Å². The molecule has 0 aliphatic carbocycles. The van der Waals surface area contributed by atoms with Gasteiger partial charge in [0.2, 0.25) is 0 Å². The highest BCUT2D eigenvalue weighted by molar-refractivity contribution is 5.98. The fourth-order valence-corrected chi connectivity index (χ4v) is 4.19. The van der Waals surface area contributed by atoms with Crippen molar-refractivity contribution in [1.29, 1.82) is 0 Å². The minimum Gasteiger partial charge on any atom is -0.508 e. The van der Waals surface area contributed by atoms with Crippen LogP contribution in [0, 0.1) is 6.92 Å². The second kappa shape index (κ2) is 13.5. The molecule has 1 aromatic carbocycles. The summed E-state index contributed by atoms with van der Waals surface area (Å²) in [4.78, 5) is 15.5. The van der Waals surface area contributed by atoms with E-state index in [1.54, 1.807) is 0 Å². The summed E-state index contributed by atoms with van der Waals surface area (Å²) in [5.74, 6) is 1.52. The molecule has 0 unspecified atom stereocenters. The Morgan fingerprint density at radius 2 is 1.87 bits per heavy atom. The summed E-state index contributed by atoms with van der Waals surface area (Å²) in [6.45, 7) is 15.6. The lowest BCUT2D eigenvalue weighted by molar-refractivity contribution is -0.137. The summed E-state index contributed by atoms with van der Waals surface area (Å²) in [6.07, 6.45) is 0.107. The van der Waals surface area contributed by atoms with Crippen LogP contribution in [0.4, 0.5) is 19.0 Å². The Balaban J connectivity index is 0.000000252. The van der Waals surface area contributed by atoms with Crippen molar-refractivity contribution in [2.45, 2.75) is 39.9 Å². The van der Waals surface area contributed by atoms with E-state index >= 15 is 0 Å². The van der Waals surface area contributed by atoms with Crippen LogP contribution < -0.4 is 10.2 Å². The number of hydrogen-bond donors (Lipinski definition) is 2. The van der Waals surface area contributed by atoms with Crippen molar-refractivity contribution in [2.75, 3.05) is 51.2 Å². The maximum atomic E-state index is 12.9. The molecule has 2 aliphatic rings. The standard InChI is InChI=1S/C18H22F3N3O.C11H17N3/c1-4-12(2)23-17-13(3)22-8-5-9-24(17)11-14-10-15(18(19,20)21)6-7-16(14)25;1-10-3-4-11(12-9-10)14-7-5-13(2)6-8-14/h4,6-7,10,22,25H,3,5,8-9,11H2,1-2H3;3-4,9H,5-8H2,1-2H3/b12-4-,23-17?;. The van der Waals surface area contributed by atoms with Gasteiger partial charge < -0.3 is 25.1 Å². The van der Waals surface area contributed by atoms with Crippen molar-refractivity contribution in [3.63, 3.8) is 0 Å². The molecule has 39 heavy (non-hydrogen) atoms. The predicted octanol–water partition coefficient (Wildman–Crippen LogP) is 5.18. The zero-order valence-corrected chi connectivity index (χ0v) is 23.2. The van der Waals surface area contributed by atoms with E-state index in [1.807, 2.05) is 31.0 Å². The molecule has 10 heteroatoms. The zero-order valence-electron chi connectivity index (χ0n) is 23.2. The Bertz CT molecular complexity index is 1170. The van der Waals surface area contributed by atoms with Crippen LogP contribution in [0.1, 0.15) is 37.0 Å². The van der Waals surface area contributed by atoms with Crippen molar-refractivity contribution < 1.29 is 18.3 Å². The molecule has 0 amide bonds. The summed E-state index contributed by atoms with van der Waals surface area (Å²) in [5, 5.41) is 13.2. The Labute approximate surface area is 229 Å². The van der Waals surface area contributed by atoms with E-state index in [0.717, 1.165) is 62.3 Å². The third-order valence-electron chi connectivity index (χ3n) is 6.70. The normalized spacial score (nSPS) is 18.4. The van der Waals surface area contributed by atoms with Gasteiger partial charge >= 0.3 is 6.18 Å². The number of benzene rings is 1. The Hall–Kier alpha value is -3.53. The number of allylic oxidation sites excluding steroid dienone is 2. The van der Waals surface area contributed by atoms with Crippen LogP contribution in [-0.4, -0.2) is 72.0 Å². The number of phenolic OH excluding ortho intramolecular Hbond substituents is 1. The van der Waals surface area contributed by atoms with Gasteiger partial charge in [0.1, 0.15) is 11.6 Å². The van der Waals surface area contributed by atoms with Crippen molar-refractivity contribution >= 4 is 11.7 Å². The molecule has 212 valence electrons. The van der Waals surface area contributed by atoms with Crippen LogP contribution >= 0.6 is 0 Å². The molecule has 0 atom stereocenters. The Morgan fingerprint density at radius 1 is 1.15 bits per heavy atom. The number of nitrogens with zero attached hydrogens (tertiary/aromatic N) is 5. The molecular formula is C29H39F3N6O. The quantitative estimate of drug-likeness (QED) is 0.553. The average molecular weight is 545 g/mol. The molecule has 1 aromatic heterocycles. The number of aryl methyl sites for hydroxylation is 1. The predicted molar refractivity (Wildman–Crippen MR) is 151 cm³/mol. The van der Waals surface area contributed by atoms with Crippen molar-refractivity contribution in [2.24, 2.45) is 4.99 Å². The topological polar surface area (TPSA) is 67.2 Å². The molecule has 2 fully saturated rings.